The first-order valence-corrected chi connectivity index (χ1v) is 6.14. The summed E-state index contributed by atoms with van der Waals surface area (Å²) in [7, 11) is 0. The maximum Gasteiger partial charge on any atom is 0.315 e. The Hall–Kier alpha value is -2.50. The van der Waals surface area contributed by atoms with Crippen LogP contribution < -0.4 is 0 Å². The molecule has 0 aliphatic carbocycles. The van der Waals surface area contributed by atoms with Crippen molar-refractivity contribution >= 4 is 11.9 Å². The lowest BCUT2D eigenvalue weighted by Gasteiger charge is -2.22. The number of carboxylic acid groups (broad SMARTS) is 1. The van der Waals surface area contributed by atoms with E-state index in [-0.39, 0.29) is 13.1 Å². The van der Waals surface area contributed by atoms with Crippen LogP contribution in [0, 0.1) is 5.92 Å². The van der Waals surface area contributed by atoms with Gasteiger partial charge in [0.05, 0.1) is 25.6 Å². The first-order chi connectivity index (χ1) is 9.58. The molecule has 0 aliphatic heterocycles. The van der Waals surface area contributed by atoms with E-state index in [9.17, 15) is 9.59 Å². The molecule has 0 saturated heterocycles. The molecule has 6 heteroatoms. The fourth-order valence-corrected chi connectivity index (χ4v) is 1.77. The number of carbonyl (C=O) groups is 2. The summed E-state index contributed by atoms with van der Waals surface area (Å²) in [5, 5.41) is 8.96. The molecular weight excluding hydrogens is 262 g/mol. The molecule has 20 heavy (non-hydrogen) atoms. The highest BCUT2D eigenvalue weighted by Gasteiger charge is 2.27. The van der Waals surface area contributed by atoms with Crippen LogP contribution in [0.15, 0.2) is 45.6 Å². The third-order valence-corrected chi connectivity index (χ3v) is 2.91. The quantitative estimate of drug-likeness (QED) is 0.817. The molecule has 1 N–H and O–H groups in total. The van der Waals surface area contributed by atoms with Gasteiger partial charge in [-0.15, -0.1) is 0 Å². The Balaban J connectivity index is 2.14. The third-order valence-electron chi connectivity index (χ3n) is 2.91. The highest BCUT2D eigenvalue weighted by atomic mass is 16.4. The molecule has 0 bridgehead atoms. The van der Waals surface area contributed by atoms with Crippen molar-refractivity contribution < 1.29 is 23.5 Å². The Kier molecular flexibility index (Phi) is 4.24. The number of rotatable bonds is 6. The van der Waals surface area contributed by atoms with Crippen molar-refractivity contribution in [1.82, 2.24) is 4.90 Å². The molecule has 0 saturated carbocycles. The standard InChI is InChI=1S/C14H15NO5/c1-10(14(17)18)13(16)15(8-11-4-2-6-19-11)9-12-5-3-7-20-12/h2-7,10H,8-9H2,1H3,(H,17,18). The average Bonchev–Trinajstić information content (AvgIpc) is 3.09. The van der Waals surface area contributed by atoms with Crippen LogP contribution in [0.3, 0.4) is 0 Å². The van der Waals surface area contributed by atoms with E-state index in [0.717, 1.165) is 0 Å². The summed E-state index contributed by atoms with van der Waals surface area (Å²) in [6.07, 6.45) is 3.01. The first-order valence-electron chi connectivity index (χ1n) is 6.14. The van der Waals surface area contributed by atoms with Gasteiger partial charge in [-0.25, -0.2) is 0 Å². The van der Waals surface area contributed by atoms with Crippen molar-refractivity contribution in [2.45, 2.75) is 20.0 Å². The van der Waals surface area contributed by atoms with E-state index in [1.165, 1.54) is 24.3 Å². The number of hydrogen-bond donors (Lipinski definition) is 1. The summed E-state index contributed by atoms with van der Waals surface area (Å²) in [4.78, 5) is 24.6. The molecule has 2 heterocycles. The summed E-state index contributed by atoms with van der Waals surface area (Å²) >= 11 is 0. The highest BCUT2D eigenvalue weighted by molar-refractivity contribution is 5.96. The number of amides is 1. The van der Waals surface area contributed by atoms with Gasteiger partial charge in [-0.05, 0) is 31.2 Å². The van der Waals surface area contributed by atoms with Gasteiger partial charge in [-0.1, -0.05) is 0 Å². The predicted octanol–water partition coefficient (Wildman–Crippen LogP) is 2.12. The minimum atomic E-state index is -1.15. The lowest BCUT2D eigenvalue weighted by atomic mass is 10.1. The van der Waals surface area contributed by atoms with Crippen molar-refractivity contribution in [3.63, 3.8) is 0 Å². The predicted molar refractivity (Wildman–Crippen MR) is 68.5 cm³/mol. The van der Waals surface area contributed by atoms with Crippen molar-refractivity contribution in [2.75, 3.05) is 0 Å². The van der Waals surface area contributed by atoms with Crippen LogP contribution in [-0.2, 0) is 22.7 Å². The Morgan fingerprint density at radius 2 is 1.65 bits per heavy atom. The number of carboxylic acids is 1. The zero-order valence-electron chi connectivity index (χ0n) is 11.0. The molecule has 1 amide bonds. The molecule has 0 fully saturated rings. The van der Waals surface area contributed by atoms with Crippen molar-refractivity contribution in [1.29, 1.82) is 0 Å². The molecule has 0 aliphatic rings. The lowest BCUT2D eigenvalue weighted by Crippen LogP contribution is -2.37. The van der Waals surface area contributed by atoms with Gasteiger partial charge in [0.25, 0.3) is 0 Å². The minimum Gasteiger partial charge on any atom is -0.481 e. The molecule has 2 aromatic rings. The van der Waals surface area contributed by atoms with E-state index in [1.54, 1.807) is 24.3 Å². The van der Waals surface area contributed by atoms with Crippen molar-refractivity contribution in [3.05, 3.63) is 48.3 Å². The number of nitrogens with zero attached hydrogens (tertiary/aromatic N) is 1. The smallest absolute Gasteiger partial charge is 0.315 e. The summed E-state index contributed by atoms with van der Waals surface area (Å²) in [5.74, 6) is -1.57. The Morgan fingerprint density at radius 3 is 2.00 bits per heavy atom. The second kappa shape index (κ2) is 6.10. The maximum atomic E-state index is 12.2. The van der Waals surface area contributed by atoms with Crippen LogP contribution in [0.25, 0.3) is 0 Å². The van der Waals surface area contributed by atoms with Crippen molar-refractivity contribution in [2.24, 2.45) is 5.92 Å². The molecule has 1 atom stereocenters. The fraction of sp³-hybridized carbons (Fsp3) is 0.286. The number of aliphatic carboxylic acids is 1. The molecular formula is C14H15NO5. The number of furan rings is 2. The second-order valence-electron chi connectivity index (χ2n) is 4.41. The monoisotopic (exact) mass is 277 g/mol. The van der Waals surface area contributed by atoms with Crippen LogP contribution in [0.1, 0.15) is 18.4 Å². The van der Waals surface area contributed by atoms with E-state index in [2.05, 4.69) is 0 Å². The minimum absolute atomic E-state index is 0.199. The van der Waals surface area contributed by atoms with E-state index in [0.29, 0.717) is 11.5 Å². The van der Waals surface area contributed by atoms with Crippen LogP contribution in [-0.4, -0.2) is 21.9 Å². The lowest BCUT2D eigenvalue weighted by molar-refractivity contribution is -0.151. The van der Waals surface area contributed by atoms with Gasteiger partial charge < -0.3 is 18.8 Å². The average molecular weight is 277 g/mol. The topological polar surface area (TPSA) is 83.9 Å². The summed E-state index contributed by atoms with van der Waals surface area (Å²) < 4.78 is 10.4. The van der Waals surface area contributed by atoms with Crippen LogP contribution >= 0.6 is 0 Å². The van der Waals surface area contributed by atoms with Gasteiger partial charge in [0, 0.05) is 0 Å². The zero-order valence-corrected chi connectivity index (χ0v) is 11.0. The molecule has 0 radical (unpaired) electrons. The first kappa shape index (κ1) is 13.9. The van der Waals surface area contributed by atoms with Gasteiger partial charge in [0.15, 0.2) is 0 Å². The fourth-order valence-electron chi connectivity index (χ4n) is 1.77. The third kappa shape index (κ3) is 3.28. The number of hydrogen-bond acceptors (Lipinski definition) is 4. The van der Waals surface area contributed by atoms with Gasteiger partial charge in [0.2, 0.25) is 5.91 Å². The van der Waals surface area contributed by atoms with Gasteiger partial charge in [-0.3, -0.25) is 9.59 Å². The Bertz CT molecular complexity index is 522. The van der Waals surface area contributed by atoms with Crippen LogP contribution in [0.5, 0.6) is 0 Å². The summed E-state index contributed by atoms with van der Waals surface area (Å²) in [5.41, 5.74) is 0. The Labute approximate surface area is 115 Å². The van der Waals surface area contributed by atoms with E-state index >= 15 is 0 Å². The van der Waals surface area contributed by atoms with E-state index in [1.807, 2.05) is 0 Å². The van der Waals surface area contributed by atoms with Crippen LogP contribution in [0.2, 0.25) is 0 Å². The molecule has 0 aromatic carbocycles. The number of carbonyl (C=O) groups excluding carboxylic acids is 1. The highest BCUT2D eigenvalue weighted by Crippen LogP contribution is 2.14. The van der Waals surface area contributed by atoms with Gasteiger partial charge in [0.1, 0.15) is 17.4 Å². The Morgan fingerprint density at radius 1 is 1.15 bits per heavy atom. The maximum absolute atomic E-state index is 12.2. The molecule has 0 spiro atoms. The summed E-state index contributed by atoms with van der Waals surface area (Å²) in [6.45, 7) is 1.76. The molecule has 106 valence electrons. The molecule has 2 aromatic heterocycles. The van der Waals surface area contributed by atoms with E-state index in [4.69, 9.17) is 13.9 Å². The molecule has 6 nitrogen and oxygen atoms in total. The second-order valence-corrected chi connectivity index (χ2v) is 4.41. The largest absolute Gasteiger partial charge is 0.481 e. The van der Waals surface area contributed by atoms with E-state index < -0.39 is 17.8 Å². The van der Waals surface area contributed by atoms with Crippen LogP contribution in [0.4, 0.5) is 0 Å². The molecule has 2 rings (SSSR count). The zero-order chi connectivity index (χ0) is 14.5. The summed E-state index contributed by atoms with van der Waals surface area (Å²) in [6, 6.07) is 6.89. The SMILES string of the molecule is CC(C(=O)O)C(=O)N(Cc1ccco1)Cc1ccco1. The van der Waals surface area contributed by atoms with Crippen molar-refractivity contribution in [3.8, 4) is 0 Å². The van der Waals surface area contributed by atoms with Gasteiger partial charge >= 0.3 is 5.97 Å². The molecule has 1 unspecified atom stereocenters. The normalized spacial score (nSPS) is 12.1. The van der Waals surface area contributed by atoms with Gasteiger partial charge in [-0.2, -0.15) is 0 Å².